The van der Waals surface area contributed by atoms with Crippen molar-refractivity contribution in [3.8, 4) is 5.75 Å². The molecule has 1 N–H and O–H groups in total. The van der Waals surface area contributed by atoms with Crippen LogP contribution in [-0.2, 0) is 9.53 Å². The number of aryl methyl sites for hydroxylation is 1. The molecule has 0 radical (unpaired) electrons. The lowest BCUT2D eigenvalue weighted by molar-refractivity contribution is -0.111. The van der Waals surface area contributed by atoms with Gasteiger partial charge in [0, 0.05) is 11.8 Å². The molecule has 2 aromatic carbocycles. The lowest BCUT2D eigenvalue weighted by Gasteiger charge is -2.09. The van der Waals surface area contributed by atoms with Gasteiger partial charge in [-0.05, 0) is 55.3 Å². The number of benzene rings is 2. The number of nitrogens with one attached hydrogen (secondary N) is 1. The number of methoxy groups -OCH3 is 1. The zero-order valence-corrected chi connectivity index (χ0v) is 14.5. The van der Waals surface area contributed by atoms with Gasteiger partial charge in [-0.15, -0.1) is 0 Å². The molecule has 5 nitrogen and oxygen atoms in total. The molecule has 0 aliphatic carbocycles. The van der Waals surface area contributed by atoms with Gasteiger partial charge in [-0.1, -0.05) is 18.2 Å². The van der Waals surface area contributed by atoms with Crippen molar-refractivity contribution in [1.29, 1.82) is 0 Å². The fraction of sp³-hybridized carbons (Fsp3) is 0.200. The van der Waals surface area contributed by atoms with Crippen LogP contribution >= 0.6 is 0 Å². The molecule has 0 bridgehead atoms. The minimum Gasteiger partial charge on any atom is -0.497 e. The van der Waals surface area contributed by atoms with Crippen molar-refractivity contribution in [2.24, 2.45) is 0 Å². The van der Waals surface area contributed by atoms with Gasteiger partial charge >= 0.3 is 5.97 Å². The minimum absolute atomic E-state index is 0.278. The number of hydrogen-bond acceptors (Lipinski definition) is 4. The molecule has 0 saturated carbocycles. The molecule has 0 heterocycles. The third-order valence-electron chi connectivity index (χ3n) is 3.55. The highest BCUT2D eigenvalue weighted by molar-refractivity contribution is 6.03. The van der Waals surface area contributed by atoms with Crippen LogP contribution in [-0.4, -0.2) is 25.6 Å². The maximum absolute atomic E-state index is 12.1. The smallest absolute Gasteiger partial charge is 0.338 e. The SMILES string of the molecule is CCOC(=O)c1ccc(C)c(NC(=O)/C=C/c2ccc(OC)cc2)c1. The van der Waals surface area contributed by atoms with Gasteiger partial charge in [0.2, 0.25) is 5.91 Å². The molecule has 0 unspecified atom stereocenters. The van der Waals surface area contributed by atoms with Crippen LogP contribution < -0.4 is 10.1 Å². The van der Waals surface area contributed by atoms with Crippen molar-refractivity contribution in [2.45, 2.75) is 13.8 Å². The molecule has 25 heavy (non-hydrogen) atoms. The summed E-state index contributed by atoms with van der Waals surface area (Å²) >= 11 is 0. The summed E-state index contributed by atoms with van der Waals surface area (Å²) < 4.78 is 10.1. The highest BCUT2D eigenvalue weighted by atomic mass is 16.5. The Hall–Kier alpha value is -3.08. The first-order chi connectivity index (χ1) is 12.0. The first-order valence-corrected chi connectivity index (χ1v) is 7.94. The Morgan fingerprint density at radius 3 is 2.48 bits per heavy atom. The molecule has 130 valence electrons. The van der Waals surface area contributed by atoms with E-state index in [0.717, 1.165) is 16.9 Å². The van der Waals surface area contributed by atoms with Crippen molar-refractivity contribution in [3.63, 3.8) is 0 Å². The summed E-state index contributed by atoms with van der Waals surface area (Å²) in [5, 5.41) is 2.78. The van der Waals surface area contributed by atoms with Gasteiger partial charge in [0.05, 0.1) is 19.3 Å². The Morgan fingerprint density at radius 1 is 1.12 bits per heavy atom. The van der Waals surface area contributed by atoms with Gasteiger partial charge in [-0.25, -0.2) is 4.79 Å². The van der Waals surface area contributed by atoms with Gasteiger partial charge in [-0.3, -0.25) is 4.79 Å². The number of hydrogen-bond donors (Lipinski definition) is 1. The Kier molecular flexibility index (Phi) is 6.34. The first kappa shape index (κ1) is 18.3. The van der Waals surface area contributed by atoms with E-state index < -0.39 is 5.97 Å². The van der Waals surface area contributed by atoms with Gasteiger partial charge in [0.1, 0.15) is 5.75 Å². The molecule has 2 rings (SSSR count). The van der Waals surface area contributed by atoms with E-state index in [9.17, 15) is 9.59 Å². The lowest BCUT2D eigenvalue weighted by Crippen LogP contribution is -2.11. The molecule has 0 aliphatic heterocycles. The lowest BCUT2D eigenvalue weighted by atomic mass is 10.1. The topological polar surface area (TPSA) is 64.6 Å². The Bertz CT molecular complexity index is 779. The van der Waals surface area contributed by atoms with E-state index in [1.807, 2.05) is 31.2 Å². The quantitative estimate of drug-likeness (QED) is 0.642. The maximum atomic E-state index is 12.1. The number of anilines is 1. The fourth-order valence-electron chi connectivity index (χ4n) is 2.16. The summed E-state index contributed by atoms with van der Waals surface area (Å²) in [7, 11) is 1.60. The molecular formula is C20H21NO4. The molecule has 0 atom stereocenters. The molecule has 0 aromatic heterocycles. The average Bonchev–Trinajstić information content (AvgIpc) is 2.62. The summed E-state index contributed by atoms with van der Waals surface area (Å²) in [5.74, 6) is 0.0692. The Balaban J connectivity index is 2.07. The molecule has 0 spiro atoms. The number of carbonyl (C=O) groups excluding carboxylic acids is 2. The molecule has 1 amide bonds. The van der Waals surface area contributed by atoms with Crippen molar-refractivity contribution >= 4 is 23.6 Å². The third-order valence-corrected chi connectivity index (χ3v) is 3.55. The molecule has 0 aliphatic rings. The molecule has 0 fully saturated rings. The summed E-state index contributed by atoms with van der Waals surface area (Å²) in [6.45, 7) is 3.91. The average molecular weight is 339 g/mol. The van der Waals surface area contributed by atoms with Crippen LogP contribution in [0.1, 0.15) is 28.4 Å². The predicted octanol–water partition coefficient (Wildman–Crippen LogP) is 3.83. The van der Waals surface area contributed by atoms with Crippen LogP contribution in [0.25, 0.3) is 6.08 Å². The van der Waals surface area contributed by atoms with E-state index in [-0.39, 0.29) is 5.91 Å². The highest BCUT2D eigenvalue weighted by Crippen LogP contribution is 2.18. The largest absolute Gasteiger partial charge is 0.497 e. The van der Waals surface area contributed by atoms with E-state index in [0.29, 0.717) is 17.9 Å². The van der Waals surface area contributed by atoms with Crippen molar-refractivity contribution < 1.29 is 19.1 Å². The van der Waals surface area contributed by atoms with Crippen molar-refractivity contribution in [2.75, 3.05) is 19.0 Å². The molecular weight excluding hydrogens is 318 g/mol. The third kappa shape index (κ3) is 5.21. The van der Waals surface area contributed by atoms with E-state index in [4.69, 9.17) is 9.47 Å². The number of rotatable bonds is 6. The zero-order valence-electron chi connectivity index (χ0n) is 14.5. The summed E-state index contributed by atoms with van der Waals surface area (Å²) in [6.07, 6.45) is 3.15. The predicted molar refractivity (Wildman–Crippen MR) is 97.8 cm³/mol. The second kappa shape index (κ2) is 8.68. The fourth-order valence-corrected chi connectivity index (χ4v) is 2.16. The van der Waals surface area contributed by atoms with Gasteiger partial charge in [-0.2, -0.15) is 0 Å². The maximum Gasteiger partial charge on any atom is 0.338 e. The zero-order chi connectivity index (χ0) is 18.2. The van der Waals surface area contributed by atoms with Gasteiger partial charge < -0.3 is 14.8 Å². The van der Waals surface area contributed by atoms with Crippen LogP contribution in [0.2, 0.25) is 0 Å². The molecule has 0 saturated heterocycles. The van der Waals surface area contributed by atoms with E-state index in [1.165, 1.54) is 6.08 Å². The standard InChI is InChI=1S/C20H21NO4/c1-4-25-20(23)16-9-5-14(2)18(13-16)21-19(22)12-8-15-6-10-17(24-3)11-7-15/h5-13H,4H2,1-3H3,(H,21,22)/b12-8+. The Morgan fingerprint density at radius 2 is 1.84 bits per heavy atom. The number of amides is 1. The van der Waals surface area contributed by atoms with E-state index >= 15 is 0 Å². The Labute approximate surface area is 147 Å². The van der Waals surface area contributed by atoms with Crippen LogP contribution in [0.15, 0.2) is 48.5 Å². The van der Waals surface area contributed by atoms with E-state index in [2.05, 4.69) is 5.32 Å². The van der Waals surface area contributed by atoms with Crippen LogP contribution in [0.4, 0.5) is 5.69 Å². The number of carbonyl (C=O) groups is 2. The first-order valence-electron chi connectivity index (χ1n) is 7.94. The van der Waals surface area contributed by atoms with Gasteiger partial charge in [0.25, 0.3) is 0 Å². The van der Waals surface area contributed by atoms with Crippen LogP contribution in [0, 0.1) is 6.92 Å². The highest BCUT2D eigenvalue weighted by Gasteiger charge is 2.10. The summed E-state index contributed by atoms with van der Waals surface area (Å²) in [6, 6.07) is 12.4. The molecule has 2 aromatic rings. The monoisotopic (exact) mass is 339 g/mol. The van der Waals surface area contributed by atoms with Crippen LogP contribution in [0.3, 0.4) is 0 Å². The van der Waals surface area contributed by atoms with Crippen LogP contribution in [0.5, 0.6) is 5.75 Å². The minimum atomic E-state index is -0.410. The second-order valence-electron chi connectivity index (χ2n) is 5.35. The number of ether oxygens (including phenoxy) is 2. The van der Waals surface area contributed by atoms with Crippen molar-refractivity contribution in [1.82, 2.24) is 0 Å². The summed E-state index contributed by atoms with van der Waals surface area (Å²) in [4.78, 5) is 23.9. The van der Waals surface area contributed by atoms with E-state index in [1.54, 1.807) is 38.3 Å². The summed E-state index contributed by atoms with van der Waals surface area (Å²) in [5.41, 5.74) is 2.73. The van der Waals surface area contributed by atoms with Crippen molar-refractivity contribution in [3.05, 3.63) is 65.2 Å². The number of esters is 1. The second-order valence-corrected chi connectivity index (χ2v) is 5.35. The van der Waals surface area contributed by atoms with Gasteiger partial charge in [0.15, 0.2) is 0 Å². The molecule has 5 heteroatoms. The normalized spacial score (nSPS) is 10.5.